The number of carbonyl (C=O) groups is 5. The summed E-state index contributed by atoms with van der Waals surface area (Å²) in [5, 5.41) is 10.6. The number of hydrogen-bond acceptors (Lipinski definition) is 8. The fourth-order valence-electron chi connectivity index (χ4n) is 7.30. The van der Waals surface area contributed by atoms with Crippen LogP contribution in [0.3, 0.4) is 0 Å². The average molecular weight is 972 g/mol. The van der Waals surface area contributed by atoms with Gasteiger partial charge in [-0.2, -0.15) is 13.2 Å². The number of hydrogen-bond donors (Lipinski definition) is 4. The second-order valence-corrected chi connectivity index (χ2v) is 25.0. The van der Waals surface area contributed by atoms with E-state index in [0.717, 1.165) is 12.1 Å². The number of rotatable bonds is 18. The number of benzene rings is 3. The molecule has 1 aliphatic rings. The van der Waals surface area contributed by atoms with Crippen LogP contribution in [0.15, 0.2) is 78.9 Å². The molecule has 1 heterocycles. The van der Waals surface area contributed by atoms with Crippen LogP contribution in [0.25, 0.3) is 0 Å². The lowest BCUT2D eigenvalue weighted by atomic mass is 9.88. The zero-order chi connectivity index (χ0) is 50.6. The maximum atomic E-state index is 14.9. The molecule has 0 saturated carbocycles. The van der Waals surface area contributed by atoms with Crippen LogP contribution in [0.2, 0.25) is 18.1 Å². The molecule has 0 aliphatic carbocycles. The molecule has 5 unspecified atom stereocenters. The number of ether oxygens (including phenoxy) is 2. The van der Waals surface area contributed by atoms with E-state index in [1.54, 1.807) is 65.0 Å². The molecule has 18 heteroatoms. The summed E-state index contributed by atoms with van der Waals surface area (Å²) in [5.41, 5.74) is -0.0446. The quantitative estimate of drug-likeness (QED) is 0.0730. The highest BCUT2D eigenvalue weighted by Crippen LogP contribution is 2.39. The minimum absolute atomic E-state index is 0.0164. The lowest BCUT2D eigenvalue weighted by molar-refractivity contribution is -0.137. The van der Waals surface area contributed by atoms with Crippen LogP contribution >= 0.6 is 0 Å². The summed E-state index contributed by atoms with van der Waals surface area (Å²) in [5.74, 6) is -4.06. The van der Waals surface area contributed by atoms with Crippen LogP contribution < -0.4 is 21.3 Å². The Morgan fingerprint density at radius 3 is 1.82 bits per heavy atom. The first-order chi connectivity index (χ1) is 31.6. The third-order valence-corrected chi connectivity index (χ3v) is 16.6. The van der Waals surface area contributed by atoms with Crippen molar-refractivity contribution in [3.63, 3.8) is 0 Å². The van der Waals surface area contributed by atoms with Gasteiger partial charge in [-0.15, -0.1) is 0 Å². The van der Waals surface area contributed by atoms with Crippen molar-refractivity contribution in [3.05, 3.63) is 107 Å². The average Bonchev–Trinajstić information content (AvgIpc) is 3.24. The van der Waals surface area contributed by atoms with E-state index in [2.05, 4.69) is 21.3 Å². The topological polar surface area (TPSA) is 164 Å². The Morgan fingerprint density at radius 1 is 0.721 bits per heavy atom. The Hall–Kier alpha value is -5.33. The summed E-state index contributed by atoms with van der Waals surface area (Å²) in [6.07, 6.45) is -6.39. The number of nitrogens with zero attached hydrogens (tertiary/aromatic N) is 1. The third kappa shape index (κ3) is 17.3. The number of alkyl halides is 3. The first-order valence-electron chi connectivity index (χ1n) is 23.0. The van der Waals surface area contributed by atoms with E-state index in [-0.39, 0.29) is 43.8 Å². The predicted molar refractivity (Wildman–Crippen MR) is 253 cm³/mol. The van der Waals surface area contributed by atoms with Crippen molar-refractivity contribution in [1.82, 2.24) is 26.2 Å². The van der Waals surface area contributed by atoms with E-state index in [4.69, 9.17) is 13.9 Å². The highest BCUT2D eigenvalue weighted by Gasteiger charge is 2.43. The van der Waals surface area contributed by atoms with Crippen LogP contribution in [0.5, 0.6) is 0 Å². The summed E-state index contributed by atoms with van der Waals surface area (Å²) in [7, 11) is -2.79. The van der Waals surface area contributed by atoms with Gasteiger partial charge in [0.2, 0.25) is 11.8 Å². The van der Waals surface area contributed by atoms with Gasteiger partial charge in [0.1, 0.15) is 23.5 Å². The summed E-state index contributed by atoms with van der Waals surface area (Å²) < 4.78 is 73.2. The van der Waals surface area contributed by atoms with E-state index in [1.807, 2.05) is 33.9 Å². The molecule has 1 aliphatic heterocycles. The fourth-order valence-corrected chi connectivity index (χ4v) is 8.67. The second kappa shape index (κ2) is 23.8. The van der Waals surface area contributed by atoms with Crippen molar-refractivity contribution in [1.29, 1.82) is 0 Å². The van der Waals surface area contributed by atoms with Crippen molar-refractivity contribution in [2.24, 2.45) is 11.8 Å². The molecule has 5 atom stereocenters. The number of nitrogens with one attached hydrogen (secondary N) is 4. The molecule has 3 aromatic rings. The number of amides is 6. The van der Waals surface area contributed by atoms with E-state index in [0.29, 0.717) is 29.9 Å². The van der Waals surface area contributed by atoms with Crippen molar-refractivity contribution >= 4 is 38.2 Å². The SMILES string of the molecule is CC(C)C(NC(=O)C(Cc1ccc(F)cc1)CC(O[Si](C)(C)C(C)(C)C)C(Cc1ccc(C(F)(F)F)cc1)NC(=O)OC(C)(C)C)C(=O)NC(Cc1ccccc1)C(=O)NC(=O)N1CCOCC1. The van der Waals surface area contributed by atoms with Crippen LogP contribution in [0, 0.1) is 17.7 Å². The molecule has 0 spiro atoms. The van der Waals surface area contributed by atoms with Gasteiger partial charge >= 0.3 is 18.3 Å². The molecule has 0 aromatic heterocycles. The van der Waals surface area contributed by atoms with Gasteiger partial charge in [0.05, 0.1) is 30.9 Å². The number of imide groups is 1. The van der Waals surface area contributed by atoms with Crippen molar-refractivity contribution in [2.75, 3.05) is 26.3 Å². The van der Waals surface area contributed by atoms with Crippen LogP contribution in [-0.2, 0) is 53.7 Å². The first-order valence-corrected chi connectivity index (χ1v) is 25.9. The van der Waals surface area contributed by atoms with Crippen molar-refractivity contribution in [2.45, 2.75) is 135 Å². The normalized spacial score (nSPS) is 15.9. The molecule has 4 N–H and O–H groups in total. The smallest absolute Gasteiger partial charge is 0.416 e. The van der Waals surface area contributed by atoms with E-state index < -0.39 is 97.4 Å². The zero-order valence-electron chi connectivity index (χ0n) is 40.9. The van der Waals surface area contributed by atoms with Gasteiger partial charge in [0.25, 0.3) is 5.91 Å². The molecule has 1 saturated heterocycles. The zero-order valence-corrected chi connectivity index (χ0v) is 41.9. The van der Waals surface area contributed by atoms with E-state index >= 15 is 0 Å². The molecule has 6 amide bonds. The van der Waals surface area contributed by atoms with Gasteiger partial charge < -0.3 is 34.8 Å². The summed E-state index contributed by atoms with van der Waals surface area (Å²) >= 11 is 0. The molecular formula is C50H69F4N5O8Si. The molecule has 3 aromatic carbocycles. The largest absolute Gasteiger partial charge is 0.444 e. The molecular weight excluding hydrogens is 903 g/mol. The van der Waals surface area contributed by atoms with Gasteiger partial charge in [-0.05, 0) is 105 Å². The van der Waals surface area contributed by atoms with Crippen LogP contribution in [0.4, 0.5) is 27.2 Å². The van der Waals surface area contributed by atoms with Gasteiger partial charge in [-0.3, -0.25) is 19.7 Å². The molecule has 68 heavy (non-hydrogen) atoms. The summed E-state index contributed by atoms with van der Waals surface area (Å²) in [4.78, 5) is 71.2. The Balaban J connectivity index is 1.74. The van der Waals surface area contributed by atoms with Crippen molar-refractivity contribution < 1.29 is 55.4 Å². The van der Waals surface area contributed by atoms with Gasteiger partial charge in [0.15, 0.2) is 8.32 Å². The summed E-state index contributed by atoms with van der Waals surface area (Å²) in [6.45, 7) is 19.7. The third-order valence-electron chi connectivity index (χ3n) is 12.1. The molecule has 0 bridgehead atoms. The minimum Gasteiger partial charge on any atom is -0.444 e. The van der Waals surface area contributed by atoms with E-state index in [1.165, 1.54) is 41.3 Å². The maximum Gasteiger partial charge on any atom is 0.416 e. The maximum absolute atomic E-state index is 14.9. The van der Waals surface area contributed by atoms with Gasteiger partial charge in [0, 0.05) is 25.4 Å². The lowest BCUT2D eigenvalue weighted by Gasteiger charge is -2.42. The van der Waals surface area contributed by atoms with Crippen LogP contribution in [-0.4, -0.2) is 99.2 Å². The second-order valence-electron chi connectivity index (χ2n) is 20.2. The fraction of sp³-hybridized carbons (Fsp3) is 0.540. The number of halogens is 4. The number of urea groups is 1. The summed E-state index contributed by atoms with van der Waals surface area (Å²) in [6, 6.07) is 15.1. The Kier molecular flexibility index (Phi) is 19.3. The lowest BCUT2D eigenvalue weighted by Crippen LogP contribution is -2.59. The molecule has 0 radical (unpaired) electrons. The van der Waals surface area contributed by atoms with Crippen LogP contribution in [0.1, 0.15) is 84.1 Å². The Labute approximate surface area is 398 Å². The number of alkyl carbamates (subject to hydrolysis) is 1. The molecule has 4 rings (SSSR count). The monoisotopic (exact) mass is 971 g/mol. The minimum atomic E-state index is -4.58. The highest BCUT2D eigenvalue weighted by atomic mass is 28.4. The predicted octanol–water partition coefficient (Wildman–Crippen LogP) is 8.36. The Morgan fingerprint density at radius 2 is 1.28 bits per heavy atom. The highest BCUT2D eigenvalue weighted by molar-refractivity contribution is 6.74. The van der Waals surface area contributed by atoms with Gasteiger partial charge in [-0.25, -0.2) is 14.0 Å². The van der Waals surface area contributed by atoms with E-state index in [9.17, 15) is 41.5 Å². The van der Waals surface area contributed by atoms with Gasteiger partial charge in [-0.1, -0.05) is 89.2 Å². The van der Waals surface area contributed by atoms with Crippen molar-refractivity contribution in [3.8, 4) is 0 Å². The number of carbonyl (C=O) groups excluding carboxylic acids is 5. The molecule has 1 fully saturated rings. The standard InChI is InChI=1S/C50H69F4N5O8Si/c1-32(2)42(45(62)55-40(30-33-14-12-11-13-15-33)44(61)58-46(63)59-24-26-65-27-25-59)57-43(60)36(28-34-18-22-38(51)23-19-34)31-41(67-68(9,10)49(6,7)8)39(56-47(64)66-48(3,4)5)29-35-16-20-37(21-17-35)50(52,53)54/h11-23,32,36,39-42H,24-31H2,1-10H3,(H,55,62)(H,56,64)(H,57,60)(H,58,61,63). The molecule has 374 valence electrons. The molecule has 13 nitrogen and oxygen atoms in total. The number of morpholine rings is 1. The first kappa shape index (κ1) is 55.3. The Bertz CT molecular complexity index is 2140.